The molecular weight excluding hydrogens is 200 g/mol. The van der Waals surface area contributed by atoms with Gasteiger partial charge in [0.25, 0.3) is 0 Å². The predicted octanol–water partition coefficient (Wildman–Crippen LogP) is 1.08. The number of aliphatic hydroxyl groups excluding tert-OH is 1. The average Bonchev–Trinajstić information content (AvgIpc) is 2.20. The fourth-order valence-electron chi connectivity index (χ4n) is 3.07. The third kappa shape index (κ3) is 3.44. The van der Waals surface area contributed by atoms with Crippen molar-refractivity contribution in [2.45, 2.75) is 38.6 Å². The molecule has 3 heteroatoms. The number of nitrogens with zero attached hydrogens (tertiary/aromatic N) is 1. The summed E-state index contributed by atoms with van der Waals surface area (Å²) in [6.45, 7) is 7.11. The number of hydrogen-bond acceptors (Lipinski definition) is 3. The van der Waals surface area contributed by atoms with Gasteiger partial charge in [0.15, 0.2) is 0 Å². The van der Waals surface area contributed by atoms with Crippen LogP contribution in [0.5, 0.6) is 0 Å². The molecular formula is C13H26N2O. The van der Waals surface area contributed by atoms with E-state index in [4.69, 9.17) is 5.11 Å². The molecule has 1 saturated heterocycles. The summed E-state index contributed by atoms with van der Waals surface area (Å²) in [7, 11) is 0. The topological polar surface area (TPSA) is 35.5 Å². The highest BCUT2D eigenvalue weighted by Crippen LogP contribution is 2.28. The van der Waals surface area contributed by atoms with Gasteiger partial charge in [0, 0.05) is 32.2 Å². The third-order valence-electron chi connectivity index (χ3n) is 4.02. The number of aliphatic hydroxyl groups is 1. The highest BCUT2D eigenvalue weighted by Gasteiger charge is 2.27. The molecule has 2 rings (SSSR count). The van der Waals surface area contributed by atoms with E-state index < -0.39 is 0 Å². The Morgan fingerprint density at radius 3 is 2.75 bits per heavy atom. The minimum atomic E-state index is 0.257. The van der Waals surface area contributed by atoms with Crippen LogP contribution < -0.4 is 5.32 Å². The molecule has 0 radical (unpaired) electrons. The molecule has 2 unspecified atom stereocenters. The first-order valence-corrected chi connectivity index (χ1v) is 6.84. The summed E-state index contributed by atoms with van der Waals surface area (Å²) in [6.07, 6.45) is 5.60. The van der Waals surface area contributed by atoms with Crippen molar-refractivity contribution in [3.05, 3.63) is 0 Å². The van der Waals surface area contributed by atoms with Crippen LogP contribution in [-0.4, -0.2) is 48.8 Å². The minimum Gasteiger partial charge on any atom is -0.395 e. The molecule has 2 atom stereocenters. The zero-order valence-electron chi connectivity index (χ0n) is 10.5. The van der Waals surface area contributed by atoms with Crippen molar-refractivity contribution in [3.63, 3.8) is 0 Å². The summed E-state index contributed by atoms with van der Waals surface area (Å²) >= 11 is 0. The molecule has 0 spiro atoms. The second-order valence-electron chi connectivity index (χ2n) is 5.73. The standard InChI is InChI=1S/C13H26N2O/c1-11-7-13(14-5-6-16)10-15(8-11)9-12-3-2-4-12/h11-14,16H,2-10H2,1H3. The van der Waals surface area contributed by atoms with Gasteiger partial charge in [-0.2, -0.15) is 0 Å². The maximum atomic E-state index is 8.85. The molecule has 1 aliphatic carbocycles. The van der Waals surface area contributed by atoms with Gasteiger partial charge >= 0.3 is 0 Å². The Morgan fingerprint density at radius 1 is 1.31 bits per heavy atom. The van der Waals surface area contributed by atoms with Gasteiger partial charge in [0.2, 0.25) is 0 Å². The lowest BCUT2D eigenvalue weighted by molar-refractivity contribution is 0.106. The average molecular weight is 226 g/mol. The van der Waals surface area contributed by atoms with Crippen LogP contribution in [0.3, 0.4) is 0 Å². The summed E-state index contributed by atoms with van der Waals surface area (Å²) in [6, 6.07) is 0.593. The van der Waals surface area contributed by atoms with Gasteiger partial charge in [-0.1, -0.05) is 13.3 Å². The maximum Gasteiger partial charge on any atom is 0.0556 e. The molecule has 0 aromatic carbocycles. The van der Waals surface area contributed by atoms with E-state index in [2.05, 4.69) is 17.1 Å². The monoisotopic (exact) mass is 226 g/mol. The van der Waals surface area contributed by atoms with E-state index in [1.807, 2.05) is 0 Å². The SMILES string of the molecule is CC1CC(NCCO)CN(CC2CCC2)C1. The molecule has 1 saturated carbocycles. The Balaban J connectivity index is 1.74. The van der Waals surface area contributed by atoms with Crippen LogP contribution >= 0.6 is 0 Å². The molecule has 2 aliphatic rings. The van der Waals surface area contributed by atoms with Crippen molar-refractivity contribution >= 4 is 0 Å². The van der Waals surface area contributed by atoms with Gasteiger partial charge in [-0.15, -0.1) is 0 Å². The zero-order chi connectivity index (χ0) is 11.4. The van der Waals surface area contributed by atoms with E-state index in [0.29, 0.717) is 6.04 Å². The van der Waals surface area contributed by atoms with Crippen LogP contribution in [0, 0.1) is 11.8 Å². The van der Waals surface area contributed by atoms with E-state index in [0.717, 1.165) is 18.4 Å². The highest BCUT2D eigenvalue weighted by atomic mass is 16.3. The second kappa shape index (κ2) is 5.99. The van der Waals surface area contributed by atoms with Gasteiger partial charge in [-0.3, -0.25) is 0 Å². The number of likely N-dealkylation sites (tertiary alicyclic amines) is 1. The molecule has 0 aromatic heterocycles. The van der Waals surface area contributed by atoms with Gasteiger partial charge in [-0.05, 0) is 31.1 Å². The Morgan fingerprint density at radius 2 is 2.12 bits per heavy atom. The summed E-state index contributed by atoms with van der Waals surface area (Å²) in [4.78, 5) is 2.63. The summed E-state index contributed by atoms with van der Waals surface area (Å²) < 4.78 is 0. The van der Waals surface area contributed by atoms with Crippen molar-refractivity contribution in [2.75, 3.05) is 32.8 Å². The molecule has 1 aliphatic heterocycles. The molecule has 1 heterocycles. The predicted molar refractivity (Wildman–Crippen MR) is 66.4 cm³/mol. The number of piperidine rings is 1. The molecule has 94 valence electrons. The van der Waals surface area contributed by atoms with Crippen molar-refractivity contribution < 1.29 is 5.11 Å². The largest absolute Gasteiger partial charge is 0.395 e. The maximum absolute atomic E-state index is 8.85. The minimum absolute atomic E-state index is 0.257. The quantitative estimate of drug-likeness (QED) is 0.736. The molecule has 0 aromatic rings. The lowest BCUT2D eigenvalue weighted by Crippen LogP contribution is -2.50. The first-order valence-electron chi connectivity index (χ1n) is 6.84. The first-order chi connectivity index (χ1) is 7.78. The molecule has 0 amide bonds. The fraction of sp³-hybridized carbons (Fsp3) is 1.00. The van der Waals surface area contributed by atoms with E-state index in [-0.39, 0.29) is 6.61 Å². The van der Waals surface area contributed by atoms with Crippen LogP contribution in [0.1, 0.15) is 32.6 Å². The summed E-state index contributed by atoms with van der Waals surface area (Å²) in [5, 5.41) is 12.3. The van der Waals surface area contributed by atoms with Crippen molar-refractivity contribution in [1.82, 2.24) is 10.2 Å². The van der Waals surface area contributed by atoms with Crippen LogP contribution in [0.25, 0.3) is 0 Å². The Kier molecular flexibility index (Phi) is 4.62. The summed E-state index contributed by atoms with van der Waals surface area (Å²) in [5.74, 6) is 1.77. The highest BCUT2D eigenvalue weighted by molar-refractivity contribution is 4.84. The van der Waals surface area contributed by atoms with Gasteiger partial charge in [0.1, 0.15) is 0 Å². The lowest BCUT2D eigenvalue weighted by atomic mass is 9.84. The second-order valence-corrected chi connectivity index (χ2v) is 5.73. The fourth-order valence-corrected chi connectivity index (χ4v) is 3.07. The Labute approximate surface area is 99.2 Å². The van der Waals surface area contributed by atoms with Gasteiger partial charge in [0.05, 0.1) is 6.61 Å². The van der Waals surface area contributed by atoms with E-state index >= 15 is 0 Å². The third-order valence-corrected chi connectivity index (χ3v) is 4.02. The molecule has 2 fully saturated rings. The van der Waals surface area contributed by atoms with E-state index in [9.17, 15) is 0 Å². The zero-order valence-corrected chi connectivity index (χ0v) is 10.5. The number of hydrogen-bond donors (Lipinski definition) is 2. The van der Waals surface area contributed by atoms with E-state index in [1.54, 1.807) is 0 Å². The van der Waals surface area contributed by atoms with Crippen molar-refractivity contribution in [3.8, 4) is 0 Å². The van der Waals surface area contributed by atoms with Crippen LogP contribution in [0.2, 0.25) is 0 Å². The molecule has 2 N–H and O–H groups in total. The van der Waals surface area contributed by atoms with Crippen LogP contribution in [0.15, 0.2) is 0 Å². The Bertz CT molecular complexity index is 206. The molecule has 3 nitrogen and oxygen atoms in total. The first kappa shape index (κ1) is 12.3. The van der Waals surface area contributed by atoms with Crippen LogP contribution in [0.4, 0.5) is 0 Å². The van der Waals surface area contributed by atoms with Crippen molar-refractivity contribution in [2.24, 2.45) is 11.8 Å². The number of nitrogens with one attached hydrogen (secondary N) is 1. The molecule has 16 heavy (non-hydrogen) atoms. The molecule has 0 bridgehead atoms. The Hall–Kier alpha value is -0.120. The smallest absolute Gasteiger partial charge is 0.0556 e. The van der Waals surface area contributed by atoms with Gasteiger partial charge in [-0.25, -0.2) is 0 Å². The van der Waals surface area contributed by atoms with Gasteiger partial charge < -0.3 is 15.3 Å². The van der Waals surface area contributed by atoms with Crippen LogP contribution in [-0.2, 0) is 0 Å². The normalized spacial score (nSPS) is 32.6. The lowest BCUT2D eigenvalue weighted by Gasteiger charge is -2.40. The number of rotatable bonds is 5. The van der Waals surface area contributed by atoms with E-state index in [1.165, 1.54) is 45.3 Å². The summed E-state index contributed by atoms with van der Waals surface area (Å²) in [5.41, 5.74) is 0. The van der Waals surface area contributed by atoms with Crippen molar-refractivity contribution in [1.29, 1.82) is 0 Å².